The zero-order valence-corrected chi connectivity index (χ0v) is 11.1. The molecule has 1 saturated heterocycles. The van der Waals surface area contributed by atoms with Gasteiger partial charge in [-0.1, -0.05) is 0 Å². The Labute approximate surface area is 111 Å². The molecule has 0 spiro atoms. The highest BCUT2D eigenvalue weighted by molar-refractivity contribution is 7.09. The topological polar surface area (TPSA) is 54.0 Å². The summed E-state index contributed by atoms with van der Waals surface area (Å²) in [6.45, 7) is 2.33. The van der Waals surface area contributed by atoms with Crippen molar-refractivity contribution in [2.75, 3.05) is 13.1 Å². The van der Waals surface area contributed by atoms with E-state index in [1.807, 2.05) is 5.38 Å². The van der Waals surface area contributed by atoms with Gasteiger partial charge >= 0.3 is 0 Å². The number of carbonyl (C=O) groups excluding carboxylic acids is 1. The standard InChI is InChI=1S/C9H13N3OS.2ClH/c13-9(7-1-2-10-5-7)12-6-8-11-3-4-14-8;;/h3-4,7,10H,1-2,5-6H2,(H,12,13);2*1H/t7-;;/m0../s1. The highest BCUT2D eigenvalue weighted by atomic mass is 35.5. The van der Waals surface area contributed by atoms with Crippen molar-refractivity contribution < 1.29 is 4.79 Å². The lowest BCUT2D eigenvalue weighted by molar-refractivity contribution is -0.124. The van der Waals surface area contributed by atoms with Crippen molar-refractivity contribution in [1.29, 1.82) is 0 Å². The molecule has 0 radical (unpaired) electrons. The van der Waals surface area contributed by atoms with Crippen molar-refractivity contribution in [3.63, 3.8) is 0 Å². The van der Waals surface area contributed by atoms with Gasteiger partial charge in [0.2, 0.25) is 5.91 Å². The fraction of sp³-hybridized carbons (Fsp3) is 0.556. The number of nitrogens with one attached hydrogen (secondary N) is 2. The molecule has 2 rings (SSSR count). The summed E-state index contributed by atoms with van der Waals surface area (Å²) in [6, 6.07) is 0. The second-order valence-corrected chi connectivity index (χ2v) is 4.31. The Kier molecular flexibility index (Phi) is 7.66. The molecule has 1 atom stereocenters. The zero-order valence-electron chi connectivity index (χ0n) is 8.64. The molecule has 1 fully saturated rings. The van der Waals surface area contributed by atoms with Crippen molar-refractivity contribution in [3.05, 3.63) is 16.6 Å². The van der Waals surface area contributed by atoms with Crippen LogP contribution in [-0.2, 0) is 11.3 Å². The van der Waals surface area contributed by atoms with Crippen LogP contribution >= 0.6 is 36.2 Å². The number of hydrogen-bond donors (Lipinski definition) is 2. The molecule has 0 unspecified atom stereocenters. The monoisotopic (exact) mass is 283 g/mol. The van der Waals surface area contributed by atoms with E-state index in [1.165, 1.54) is 0 Å². The number of amides is 1. The Bertz CT molecular complexity index is 302. The largest absolute Gasteiger partial charge is 0.349 e. The third-order valence-corrected chi connectivity index (χ3v) is 3.11. The molecule has 16 heavy (non-hydrogen) atoms. The number of rotatable bonds is 3. The fourth-order valence-corrected chi connectivity index (χ4v) is 2.08. The first-order valence-electron chi connectivity index (χ1n) is 4.73. The van der Waals surface area contributed by atoms with Gasteiger partial charge in [0.1, 0.15) is 5.01 Å². The van der Waals surface area contributed by atoms with Crippen molar-refractivity contribution in [2.24, 2.45) is 5.92 Å². The van der Waals surface area contributed by atoms with E-state index in [2.05, 4.69) is 15.6 Å². The third-order valence-electron chi connectivity index (χ3n) is 2.33. The maximum atomic E-state index is 11.6. The molecule has 1 aliphatic heterocycles. The van der Waals surface area contributed by atoms with Crippen LogP contribution in [0.1, 0.15) is 11.4 Å². The molecule has 2 N–H and O–H groups in total. The number of aromatic nitrogens is 1. The summed E-state index contributed by atoms with van der Waals surface area (Å²) in [5.41, 5.74) is 0. The minimum absolute atomic E-state index is 0. The van der Waals surface area contributed by atoms with Crippen molar-refractivity contribution >= 4 is 42.1 Å². The van der Waals surface area contributed by atoms with Gasteiger partial charge in [-0.25, -0.2) is 4.98 Å². The molecule has 92 valence electrons. The summed E-state index contributed by atoms with van der Waals surface area (Å²) >= 11 is 1.57. The molecule has 2 heterocycles. The lowest BCUT2D eigenvalue weighted by Crippen LogP contribution is -2.31. The van der Waals surface area contributed by atoms with Gasteiger partial charge in [0.25, 0.3) is 0 Å². The third kappa shape index (κ3) is 4.25. The van der Waals surface area contributed by atoms with Crippen LogP contribution in [-0.4, -0.2) is 24.0 Å². The molecular weight excluding hydrogens is 269 g/mol. The number of nitrogens with zero attached hydrogens (tertiary/aromatic N) is 1. The summed E-state index contributed by atoms with van der Waals surface area (Å²) < 4.78 is 0. The summed E-state index contributed by atoms with van der Waals surface area (Å²) in [5, 5.41) is 8.95. The van der Waals surface area contributed by atoms with Crippen molar-refractivity contribution in [1.82, 2.24) is 15.6 Å². The Morgan fingerprint density at radius 3 is 3.00 bits per heavy atom. The van der Waals surface area contributed by atoms with Gasteiger partial charge in [-0.05, 0) is 13.0 Å². The first-order chi connectivity index (χ1) is 6.86. The normalized spacial score (nSPS) is 18.4. The lowest BCUT2D eigenvalue weighted by Gasteiger charge is -2.07. The lowest BCUT2D eigenvalue weighted by atomic mass is 10.1. The average molecular weight is 284 g/mol. The smallest absolute Gasteiger partial charge is 0.224 e. The molecule has 0 aromatic carbocycles. The van der Waals surface area contributed by atoms with Crippen LogP contribution in [0.3, 0.4) is 0 Å². The van der Waals surface area contributed by atoms with Crippen LogP contribution in [0, 0.1) is 5.92 Å². The van der Waals surface area contributed by atoms with Crippen LogP contribution in [0.15, 0.2) is 11.6 Å². The van der Waals surface area contributed by atoms with Crippen LogP contribution < -0.4 is 10.6 Å². The molecular formula is C9H15Cl2N3OS. The Morgan fingerprint density at radius 1 is 1.62 bits per heavy atom. The molecule has 1 aromatic rings. The molecule has 4 nitrogen and oxygen atoms in total. The van der Waals surface area contributed by atoms with Crippen LogP contribution in [0.25, 0.3) is 0 Å². The van der Waals surface area contributed by atoms with Crippen LogP contribution in [0.5, 0.6) is 0 Å². The Hall–Kier alpha value is -0.360. The van der Waals surface area contributed by atoms with E-state index in [9.17, 15) is 4.79 Å². The summed E-state index contributed by atoms with van der Waals surface area (Å²) in [6.07, 6.45) is 2.70. The average Bonchev–Trinajstić information content (AvgIpc) is 2.87. The van der Waals surface area contributed by atoms with Gasteiger partial charge in [-0.2, -0.15) is 0 Å². The SMILES string of the molecule is Cl.Cl.O=C(NCc1nccs1)[C@H]1CCNC1. The van der Waals surface area contributed by atoms with Gasteiger partial charge in [-0.15, -0.1) is 36.2 Å². The Balaban J connectivity index is 0.00000112. The van der Waals surface area contributed by atoms with E-state index in [0.717, 1.165) is 24.5 Å². The van der Waals surface area contributed by atoms with E-state index in [1.54, 1.807) is 17.5 Å². The van der Waals surface area contributed by atoms with Gasteiger partial charge in [0.15, 0.2) is 0 Å². The number of carbonyl (C=O) groups is 1. The molecule has 0 aliphatic carbocycles. The fourth-order valence-electron chi connectivity index (χ4n) is 1.53. The maximum Gasteiger partial charge on any atom is 0.224 e. The van der Waals surface area contributed by atoms with Gasteiger partial charge in [-0.3, -0.25) is 4.79 Å². The van der Waals surface area contributed by atoms with Crippen molar-refractivity contribution in [2.45, 2.75) is 13.0 Å². The molecule has 7 heteroatoms. The maximum absolute atomic E-state index is 11.6. The molecule has 1 amide bonds. The van der Waals surface area contributed by atoms with Crippen LogP contribution in [0.4, 0.5) is 0 Å². The van der Waals surface area contributed by atoms with E-state index in [0.29, 0.717) is 6.54 Å². The Morgan fingerprint density at radius 2 is 2.44 bits per heavy atom. The zero-order chi connectivity index (χ0) is 9.80. The van der Waals surface area contributed by atoms with Gasteiger partial charge in [0.05, 0.1) is 12.5 Å². The first kappa shape index (κ1) is 15.6. The second-order valence-electron chi connectivity index (χ2n) is 3.33. The predicted molar refractivity (Wildman–Crippen MR) is 69.4 cm³/mol. The van der Waals surface area contributed by atoms with Crippen LogP contribution in [0.2, 0.25) is 0 Å². The molecule has 0 saturated carbocycles. The van der Waals surface area contributed by atoms with E-state index >= 15 is 0 Å². The minimum Gasteiger partial charge on any atom is -0.349 e. The van der Waals surface area contributed by atoms with E-state index in [-0.39, 0.29) is 36.6 Å². The summed E-state index contributed by atoms with van der Waals surface area (Å²) in [5.74, 6) is 0.292. The number of thiazole rings is 1. The predicted octanol–water partition coefficient (Wildman–Crippen LogP) is 1.21. The summed E-state index contributed by atoms with van der Waals surface area (Å²) in [4.78, 5) is 15.7. The highest BCUT2D eigenvalue weighted by Crippen LogP contribution is 2.08. The highest BCUT2D eigenvalue weighted by Gasteiger charge is 2.21. The quantitative estimate of drug-likeness (QED) is 0.877. The van der Waals surface area contributed by atoms with Crippen molar-refractivity contribution in [3.8, 4) is 0 Å². The minimum atomic E-state index is 0. The van der Waals surface area contributed by atoms with Gasteiger partial charge < -0.3 is 10.6 Å². The summed E-state index contributed by atoms with van der Waals surface area (Å²) in [7, 11) is 0. The first-order valence-corrected chi connectivity index (χ1v) is 5.61. The number of halogens is 2. The van der Waals surface area contributed by atoms with E-state index < -0.39 is 0 Å². The molecule has 0 bridgehead atoms. The second kappa shape index (κ2) is 7.84. The number of hydrogen-bond acceptors (Lipinski definition) is 4. The molecule has 1 aliphatic rings. The van der Waals surface area contributed by atoms with Gasteiger partial charge in [0, 0.05) is 18.1 Å². The molecule has 1 aromatic heterocycles. The van der Waals surface area contributed by atoms with E-state index in [4.69, 9.17) is 0 Å².